The zero-order valence-corrected chi connectivity index (χ0v) is 9.77. The van der Waals surface area contributed by atoms with Crippen LogP contribution < -0.4 is 10.5 Å². The standard InChI is InChI=1S/C7H3ClF3N3O3S/c8-18(15,16)6-3(2-12)4(1-5(13)14-6)17-7(9,10)11/h1H,(H2,13,14). The van der Waals surface area contributed by atoms with Crippen LogP contribution in [0.25, 0.3) is 0 Å². The van der Waals surface area contributed by atoms with Crippen molar-refractivity contribution in [3.8, 4) is 11.8 Å². The summed E-state index contributed by atoms with van der Waals surface area (Å²) in [6.07, 6.45) is -5.12. The first-order valence-electron chi connectivity index (χ1n) is 3.95. The van der Waals surface area contributed by atoms with E-state index in [2.05, 4.69) is 9.72 Å². The fourth-order valence-electron chi connectivity index (χ4n) is 1.00. The smallest absolute Gasteiger partial charge is 0.404 e. The molecule has 1 aromatic heterocycles. The van der Waals surface area contributed by atoms with E-state index in [0.29, 0.717) is 6.07 Å². The Kier molecular flexibility index (Phi) is 3.59. The van der Waals surface area contributed by atoms with Gasteiger partial charge in [0.15, 0.2) is 10.8 Å². The van der Waals surface area contributed by atoms with Crippen LogP contribution >= 0.6 is 10.7 Å². The van der Waals surface area contributed by atoms with Gasteiger partial charge in [0, 0.05) is 16.7 Å². The third-order valence-electron chi connectivity index (χ3n) is 1.54. The molecule has 0 bridgehead atoms. The van der Waals surface area contributed by atoms with E-state index in [-0.39, 0.29) is 0 Å². The lowest BCUT2D eigenvalue weighted by Gasteiger charge is -2.11. The normalized spacial score (nSPS) is 11.9. The van der Waals surface area contributed by atoms with E-state index in [4.69, 9.17) is 21.7 Å². The molecule has 0 atom stereocenters. The maximum absolute atomic E-state index is 12.0. The molecule has 6 nitrogen and oxygen atoms in total. The zero-order valence-electron chi connectivity index (χ0n) is 8.19. The van der Waals surface area contributed by atoms with Gasteiger partial charge in [-0.15, -0.1) is 13.2 Å². The van der Waals surface area contributed by atoms with E-state index in [1.807, 2.05) is 0 Å². The van der Waals surface area contributed by atoms with Gasteiger partial charge in [0.1, 0.15) is 17.5 Å². The number of pyridine rings is 1. The molecule has 0 spiro atoms. The van der Waals surface area contributed by atoms with Gasteiger partial charge >= 0.3 is 6.36 Å². The summed E-state index contributed by atoms with van der Waals surface area (Å²) in [5.41, 5.74) is 4.13. The predicted molar refractivity (Wildman–Crippen MR) is 53.1 cm³/mol. The molecule has 0 radical (unpaired) electrons. The number of nitrogens with two attached hydrogens (primary N) is 1. The van der Waals surface area contributed by atoms with Gasteiger partial charge < -0.3 is 10.5 Å². The highest BCUT2D eigenvalue weighted by Crippen LogP contribution is 2.31. The second kappa shape index (κ2) is 4.51. The van der Waals surface area contributed by atoms with Crippen LogP contribution in [0.15, 0.2) is 11.1 Å². The van der Waals surface area contributed by atoms with Gasteiger partial charge in [-0.2, -0.15) is 5.26 Å². The summed E-state index contributed by atoms with van der Waals surface area (Å²) < 4.78 is 61.7. The predicted octanol–water partition coefficient (Wildman–Crippen LogP) is 1.36. The lowest BCUT2D eigenvalue weighted by molar-refractivity contribution is -0.274. The van der Waals surface area contributed by atoms with E-state index in [9.17, 15) is 21.6 Å². The number of hydrogen-bond donors (Lipinski definition) is 1. The molecule has 1 heterocycles. The van der Waals surface area contributed by atoms with E-state index >= 15 is 0 Å². The Hall–Kier alpha value is -1.73. The van der Waals surface area contributed by atoms with Crippen molar-refractivity contribution in [1.29, 1.82) is 5.26 Å². The Bertz CT molecular complexity index is 623. The van der Waals surface area contributed by atoms with Crippen LogP contribution in [0.1, 0.15) is 5.56 Å². The topological polar surface area (TPSA) is 106 Å². The highest BCUT2D eigenvalue weighted by atomic mass is 35.7. The number of aromatic nitrogens is 1. The van der Waals surface area contributed by atoms with Crippen LogP contribution in [-0.4, -0.2) is 19.8 Å². The minimum atomic E-state index is -5.12. The second-order valence-electron chi connectivity index (χ2n) is 2.82. The zero-order chi connectivity index (χ0) is 14.1. The molecular formula is C7H3ClF3N3O3S. The lowest BCUT2D eigenvalue weighted by Crippen LogP contribution is -2.19. The summed E-state index contributed by atoms with van der Waals surface area (Å²) in [4.78, 5) is 3.19. The van der Waals surface area contributed by atoms with Gasteiger partial charge in [-0.05, 0) is 0 Å². The number of anilines is 1. The molecule has 98 valence electrons. The quantitative estimate of drug-likeness (QED) is 0.827. The molecule has 0 amide bonds. The second-order valence-corrected chi connectivity index (χ2v) is 5.30. The Morgan fingerprint density at radius 3 is 2.44 bits per heavy atom. The monoisotopic (exact) mass is 301 g/mol. The van der Waals surface area contributed by atoms with Crippen LogP contribution in [0, 0.1) is 11.3 Å². The van der Waals surface area contributed by atoms with Crippen molar-refractivity contribution in [1.82, 2.24) is 4.98 Å². The van der Waals surface area contributed by atoms with Crippen molar-refractivity contribution in [2.24, 2.45) is 0 Å². The maximum Gasteiger partial charge on any atom is 0.573 e. The first-order chi connectivity index (χ1) is 8.04. The van der Waals surface area contributed by atoms with Gasteiger partial charge in [0.25, 0.3) is 9.05 Å². The minimum absolute atomic E-state index is 0.567. The van der Waals surface area contributed by atoms with Crippen molar-refractivity contribution in [2.75, 3.05) is 5.73 Å². The van der Waals surface area contributed by atoms with Crippen LogP contribution in [-0.2, 0) is 9.05 Å². The van der Waals surface area contributed by atoms with Crippen LogP contribution in [0.3, 0.4) is 0 Å². The van der Waals surface area contributed by atoms with Crippen molar-refractivity contribution >= 4 is 25.6 Å². The number of halogens is 4. The molecule has 0 fully saturated rings. The van der Waals surface area contributed by atoms with Gasteiger partial charge in [0.2, 0.25) is 0 Å². The van der Waals surface area contributed by atoms with Crippen molar-refractivity contribution in [3.05, 3.63) is 11.6 Å². The maximum atomic E-state index is 12.0. The number of ether oxygens (including phenoxy) is 1. The molecule has 0 saturated carbocycles. The molecular weight excluding hydrogens is 299 g/mol. The molecule has 0 unspecified atom stereocenters. The molecule has 0 aliphatic rings. The molecule has 18 heavy (non-hydrogen) atoms. The Morgan fingerprint density at radius 2 is 2.06 bits per heavy atom. The molecule has 0 aromatic carbocycles. The summed E-state index contributed by atoms with van der Waals surface area (Å²) in [5, 5.41) is 7.56. The van der Waals surface area contributed by atoms with E-state index < -0.39 is 37.6 Å². The third-order valence-corrected chi connectivity index (χ3v) is 2.73. The SMILES string of the molecule is N#Cc1c(OC(F)(F)F)cc(N)nc1S(=O)(=O)Cl. The number of rotatable bonds is 2. The fraction of sp³-hybridized carbons (Fsp3) is 0.143. The van der Waals surface area contributed by atoms with Crippen molar-refractivity contribution < 1.29 is 26.3 Å². The summed E-state index contributed by atoms with van der Waals surface area (Å²) >= 11 is 0. The molecule has 1 aromatic rings. The van der Waals surface area contributed by atoms with Gasteiger partial charge in [-0.25, -0.2) is 13.4 Å². The molecule has 0 saturated heterocycles. The molecule has 0 aliphatic carbocycles. The van der Waals surface area contributed by atoms with E-state index in [0.717, 1.165) is 0 Å². The third kappa shape index (κ3) is 3.38. The van der Waals surface area contributed by atoms with Gasteiger partial charge in [-0.3, -0.25) is 0 Å². The number of alkyl halides is 3. The largest absolute Gasteiger partial charge is 0.573 e. The minimum Gasteiger partial charge on any atom is -0.404 e. The number of nitrogens with zero attached hydrogens (tertiary/aromatic N) is 2. The lowest BCUT2D eigenvalue weighted by atomic mass is 10.3. The Balaban J connectivity index is 3.55. The molecule has 2 N–H and O–H groups in total. The average molecular weight is 302 g/mol. The molecule has 0 aliphatic heterocycles. The summed E-state index contributed by atoms with van der Waals surface area (Å²) in [6.45, 7) is 0. The van der Waals surface area contributed by atoms with Gasteiger partial charge in [-0.1, -0.05) is 0 Å². The fourth-order valence-corrected chi connectivity index (χ4v) is 1.94. The van der Waals surface area contributed by atoms with Gasteiger partial charge in [0.05, 0.1) is 0 Å². The van der Waals surface area contributed by atoms with Crippen LogP contribution in [0.5, 0.6) is 5.75 Å². The highest BCUT2D eigenvalue weighted by Gasteiger charge is 2.34. The summed E-state index contributed by atoms with van der Waals surface area (Å²) in [7, 11) is 0.389. The summed E-state index contributed by atoms with van der Waals surface area (Å²) in [6, 6.07) is 1.78. The first kappa shape index (κ1) is 14.3. The number of hydrogen-bond acceptors (Lipinski definition) is 6. The van der Waals surface area contributed by atoms with Crippen LogP contribution in [0.4, 0.5) is 19.0 Å². The molecule has 11 heteroatoms. The average Bonchev–Trinajstić information content (AvgIpc) is 2.12. The van der Waals surface area contributed by atoms with E-state index in [1.165, 1.54) is 6.07 Å². The highest BCUT2D eigenvalue weighted by molar-refractivity contribution is 8.13. The number of nitrogen functional groups attached to an aromatic ring is 1. The Morgan fingerprint density at radius 1 is 1.50 bits per heavy atom. The van der Waals surface area contributed by atoms with Crippen molar-refractivity contribution in [3.63, 3.8) is 0 Å². The van der Waals surface area contributed by atoms with E-state index in [1.54, 1.807) is 0 Å². The van der Waals surface area contributed by atoms with Crippen molar-refractivity contribution in [2.45, 2.75) is 11.4 Å². The summed E-state index contributed by atoms with van der Waals surface area (Å²) in [5.74, 6) is -1.68. The first-order valence-corrected chi connectivity index (χ1v) is 6.26. The number of nitriles is 1. The van der Waals surface area contributed by atoms with Crippen LogP contribution in [0.2, 0.25) is 0 Å². The Labute approximate surface area is 103 Å². The molecule has 1 rings (SSSR count).